The Morgan fingerprint density at radius 3 is 2.52 bits per heavy atom. The first-order valence-electron chi connectivity index (χ1n) is 6.27. The zero-order valence-electron chi connectivity index (χ0n) is 11.7. The maximum atomic E-state index is 12.2. The van der Waals surface area contributed by atoms with Crippen LogP contribution in [0.1, 0.15) is 15.9 Å². The third-order valence-electron chi connectivity index (χ3n) is 2.98. The van der Waals surface area contributed by atoms with Crippen LogP contribution < -0.4 is 9.47 Å². The minimum atomic E-state index is -0.0854. The number of hydrogen-bond acceptors (Lipinski definition) is 3. The van der Waals surface area contributed by atoms with Crippen LogP contribution in [0, 0.1) is 6.92 Å². The SMILES string of the molecule is COc1ccc(C(=O)COc2cc(Br)ccc2C)cc1Br. The van der Waals surface area contributed by atoms with Gasteiger partial charge in [0, 0.05) is 10.0 Å². The minimum Gasteiger partial charge on any atom is -0.496 e. The molecule has 0 saturated carbocycles. The van der Waals surface area contributed by atoms with Crippen LogP contribution in [0.4, 0.5) is 0 Å². The largest absolute Gasteiger partial charge is 0.496 e. The van der Waals surface area contributed by atoms with Gasteiger partial charge in [-0.25, -0.2) is 0 Å². The molecule has 110 valence electrons. The van der Waals surface area contributed by atoms with Crippen molar-refractivity contribution < 1.29 is 14.3 Å². The molecule has 3 nitrogen and oxygen atoms in total. The van der Waals surface area contributed by atoms with E-state index in [1.807, 2.05) is 25.1 Å². The molecule has 21 heavy (non-hydrogen) atoms. The number of ketones is 1. The molecule has 0 atom stereocenters. The van der Waals surface area contributed by atoms with E-state index in [9.17, 15) is 4.79 Å². The molecule has 2 aromatic carbocycles. The number of halogens is 2. The second kappa shape index (κ2) is 7.09. The zero-order valence-corrected chi connectivity index (χ0v) is 14.8. The standard InChI is InChI=1S/C16H14Br2O3/c1-10-3-5-12(17)8-16(10)21-9-14(19)11-4-6-15(20-2)13(18)7-11/h3-8H,9H2,1-2H3. The van der Waals surface area contributed by atoms with Crippen LogP contribution >= 0.6 is 31.9 Å². The van der Waals surface area contributed by atoms with Gasteiger partial charge >= 0.3 is 0 Å². The summed E-state index contributed by atoms with van der Waals surface area (Å²) in [4.78, 5) is 12.2. The molecule has 5 heteroatoms. The smallest absolute Gasteiger partial charge is 0.200 e. The van der Waals surface area contributed by atoms with Crippen molar-refractivity contribution in [3.05, 3.63) is 56.5 Å². The monoisotopic (exact) mass is 412 g/mol. The Morgan fingerprint density at radius 2 is 1.86 bits per heavy atom. The summed E-state index contributed by atoms with van der Waals surface area (Å²) in [7, 11) is 1.58. The van der Waals surface area contributed by atoms with Gasteiger partial charge in [-0.3, -0.25) is 4.79 Å². The normalized spacial score (nSPS) is 10.3. The summed E-state index contributed by atoms with van der Waals surface area (Å²) in [5.74, 6) is 1.30. The van der Waals surface area contributed by atoms with Crippen molar-refractivity contribution in [2.24, 2.45) is 0 Å². The Morgan fingerprint density at radius 1 is 1.10 bits per heavy atom. The molecule has 0 aliphatic carbocycles. The number of hydrogen-bond donors (Lipinski definition) is 0. The van der Waals surface area contributed by atoms with Gasteiger partial charge in [0.2, 0.25) is 0 Å². The number of aryl methyl sites for hydroxylation is 1. The van der Waals surface area contributed by atoms with Gasteiger partial charge in [-0.05, 0) is 58.7 Å². The highest BCUT2D eigenvalue weighted by Gasteiger charge is 2.11. The highest BCUT2D eigenvalue weighted by Crippen LogP contribution is 2.26. The van der Waals surface area contributed by atoms with E-state index >= 15 is 0 Å². The van der Waals surface area contributed by atoms with E-state index in [1.165, 1.54) is 0 Å². The zero-order chi connectivity index (χ0) is 15.4. The molecule has 2 rings (SSSR count). The third-order valence-corrected chi connectivity index (χ3v) is 4.10. The van der Waals surface area contributed by atoms with Crippen LogP contribution in [-0.4, -0.2) is 19.5 Å². The lowest BCUT2D eigenvalue weighted by atomic mass is 10.1. The van der Waals surface area contributed by atoms with E-state index in [0.29, 0.717) is 17.1 Å². The number of benzene rings is 2. The van der Waals surface area contributed by atoms with Crippen LogP contribution in [0.2, 0.25) is 0 Å². The number of rotatable bonds is 5. The second-order valence-corrected chi connectivity index (χ2v) is 6.24. The topological polar surface area (TPSA) is 35.5 Å². The molecule has 0 aliphatic rings. The first-order valence-corrected chi connectivity index (χ1v) is 7.85. The first-order chi connectivity index (χ1) is 10.0. The first kappa shape index (κ1) is 16.0. The summed E-state index contributed by atoms with van der Waals surface area (Å²) in [6, 6.07) is 10.9. The van der Waals surface area contributed by atoms with Crippen molar-refractivity contribution in [1.82, 2.24) is 0 Å². The average Bonchev–Trinajstić information content (AvgIpc) is 2.47. The summed E-state index contributed by atoms with van der Waals surface area (Å²) < 4.78 is 12.4. The van der Waals surface area contributed by atoms with Gasteiger partial charge < -0.3 is 9.47 Å². The molecule has 0 aromatic heterocycles. The van der Waals surface area contributed by atoms with Gasteiger partial charge in [-0.1, -0.05) is 22.0 Å². The average molecular weight is 414 g/mol. The van der Waals surface area contributed by atoms with Crippen molar-refractivity contribution in [3.63, 3.8) is 0 Å². The molecule has 0 N–H and O–H groups in total. The predicted octanol–water partition coefficient (Wildman–Crippen LogP) is 4.79. The molecule has 0 spiro atoms. The van der Waals surface area contributed by atoms with Crippen molar-refractivity contribution >= 4 is 37.6 Å². The van der Waals surface area contributed by atoms with Crippen molar-refractivity contribution in [2.75, 3.05) is 13.7 Å². The Kier molecular flexibility index (Phi) is 5.42. The van der Waals surface area contributed by atoms with E-state index in [-0.39, 0.29) is 12.4 Å². The van der Waals surface area contributed by atoms with Gasteiger partial charge in [0.1, 0.15) is 11.5 Å². The van der Waals surface area contributed by atoms with Gasteiger partial charge in [-0.15, -0.1) is 0 Å². The highest BCUT2D eigenvalue weighted by atomic mass is 79.9. The molecule has 0 unspecified atom stereocenters. The predicted molar refractivity (Wildman–Crippen MR) is 89.4 cm³/mol. The Balaban J connectivity index is 2.08. The Bertz CT molecular complexity index is 669. The molecular formula is C16H14Br2O3. The summed E-state index contributed by atoms with van der Waals surface area (Å²) >= 11 is 6.76. The highest BCUT2D eigenvalue weighted by molar-refractivity contribution is 9.10. The minimum absolute atomic E-state index is 0.00391. The van der Waals surface area contributed by atoms with E-state index < -0.39 is 0 Å². The molecule has 0 aliphatic heterocycles. The van der Waals surface area contributed by atoms with E-state index in [2.05, 4.69) is 31.9 Å². The number of carbonyl (C=O) groups is 1. The summed E-state index contributed by atoms with van der Waals surface area (Å²) in [5, 5.41) is 0. The summed E-state index contributed by atoms with van der Waals surface area (Å²) in [6.07, 6.45) is 0. The van der Waals surface area contributed by atoms with Crippen LogP contribution in [0.3, 0.4) is 0 Å². The van der Waals surface area contributed by atoms with Crippen LogP contribution in [0.25, 0.3) is 0 Å². The van der Waals surface area contributed by atoms with E-state index in [4.69, 9.17) is 9.47 Å². The third kappa shape index (κ3) is 4.08. The second-order valence-electron chi connectivity index (χ2n) is 4.47. The molecule has 0 heterocycles. The van der Waals surface area contributed by atoms with Gasteiger partial charge in [0.15, 0.2) is 12.4 Å². The van der Waals surface area contributed by atoms with Crippen molar-refractivity contribution in [1.29, 1.82) is 0 Å². The fraction of sp³-hybridized carbons (Fsp3) is 0.188. The van der Waals surface area contributed by atoms with Crippen LogP contribution in [0.5, 0.6) is 11.5 Å². The van der Waals surface area contributed by atoms with Gasteiger partial charge in [0.25, 0.3) is 0 Å². The lowest BCUT2D eigenvalue weighted by Crippen LogP contribution is -2.12. The fourth-order valence-corrected chi connectivity index (χ4v) is 2.68. The van der Waals surface area contributed by atoms with Crippen molar-refractivity contribution in [3.8, 4) is 11.5 Å². The van der Waals surface area contributed by atoms with Gasteiger partial charge in [-0.2, -0.15) is 0 Å². The number of carbonyl (C=O) groups excluding carboxylic acids is 1. The van der Waals surface area contributed by atoms with Crippen LogP contribution in [-0.2, 0) is 0 Å². The van der Waals surface area contributed by atoms with Crippen molar-refractivity contribution in [2.45, 2.75) is 6.92 Å². The molecular weight excluding hydrogens is 400 g/mol. The number of ether oxygens (including phenoxy) is 2. The van der Waals surface area contributed by atoms with Gasteiger partial charge in [0.05, 0.1) is 11.6 Å². The van der Waals surface area contributed by atoms with E-state index in [1.54, 1.807) is 25.3 Å². The number of Topliss-reactive ketones (excluding diaryl/α,β-unsaturated/α-hetero) is 1. The quantitative estimate of drug-likeness (QED) is 0.661. The molecule has 0 bridgehead atoms. The lowest BCUT2D eigenvalue weighted by molar-refractivity contribution is 0.0921. The molecule has 0 saturated heterocycles. The lowest BCUT2D eigenvalue weighted by Gasteiger charge is -2.10. The maximum absolute atomic E-state index is 12.2. The number of methoxy groups -OCH3 is 1. The Labute approximate surface area is 140 Å². The summed E-state index contributed by atoms with van der Waals surface area (Å²) in [5.41, 5.74) is 1.57. The van der Waals surface area contributed by atoms with Crippen LogP contribution in [0.15, 0.2) is 45.3 Å². The molecule has 0 radical (unpaired) electrons. The fourth-order valence-electron chi connectivity index (χ4n) is 1.80. The maximum Gasteiger partial charge on any atom is 0.200 e. The molecule has 0 amide bonds. The van der Waals surface area contributed by atoms with E-state index in [0.717, 1.165) is 14.5 Å². The Hall–Kier alpha value is -1.33. The summed E-state index contributed by atoms with van der Waals surface area (Å²) in [6.45, 7) is 1.94. The molecule has 0 fully saturated rings. The molecule has 2 aromatic rings.